The Labute approximate surface area is 174 Å². The zero-order valence-electron chi connectivity index (χ0n) is 16.3. The van der Waals surface area contributed by atoms with Crippen LogP contribution in [0.25, 0.3) is 0 Å². The Morgan fingerprint density at radius 3 is 2.76 bits per heavy atom. The van der Waals surface area contributed by atoms with E-state index in [2.05, 4.69) is 16.3 Å². The number of likely N-dealkylation sites (tertiary alicyclic amines) is 1. The molecule has 0 unspecified atom stereocenters. The van der Waals surface area contributed by atoms with Crippen LogP contribution >= 0.6 is 11.6 Å². The third-order valence-electron chi connectivity index (χ3n) is 5.52. The van der Waals surface area contributed by atoms with Gasteiger partial charge >= 0.3 is 0 Å². The zero-order chi connectivity index (χ0) is 20.4. The molecular formula is C22H24ClFN2O3. The molecule has 5 nitrogen and oxygen atoms in total. The fraction of sp³-hybridized carbons (Fsp3) is 0.409. The lowest BCUT2D eigenvalue weighted by atomic mass is 10.0. The summed E-state index contributed by atoms with van der Waals surface area (Å²) in [5.41, 5.74) is 1.53. The highest BCUT2D eigenvalue weighted by molar-refractivity contribution is 6.33. The predicted octanol–water partition coefficient (Wildman–Crippen LogP) is 4.80. The van der Waals surface area contributed by atoms with Gasteiger partial charge in [-0.05, 0) is 62.2 Å². The molecule has 1 N–H and O–H groups in total. The maximum atomic E-state index is 13.2. The van der Waals surface area contributed by atoms with Crippen molar-refractivity contribution in [2.24, 2.45) is 0 Å². The highest BCUT2D eigenvalue weighted by Gasteiger charge is 2.33. The first-order chi connectivity index (χ1) is 14.0. The molecule has 0 radical (unpaired) electrons. The summed E-state index contributed by atoms with van der Waals surface area (Å²) in [6, 6.07) is 9.75. The molecule has 1 fully saturated rings. The molecule has 2 aliphatic heterocycles. The molecule has 1 saturated heterocycles. The number of ether oxygens (including phenoxy) is 2. The van der Waals surface area contributed by atoms with Gasteiger partial charge in [0.2, 0.25) is 5.91 Å². The molecule has 29 heavy (non-hydrogen) atoms. The van der Waals surface area contributed by atoms with Gasteiger partial charge in [-0.15, -0.1) is 0 Å². The first kappa shape index (κ1) is 20.0. The lowest BCUT2D eigenvalue weighted by Crippen LogP contribution is -2.41. The second kappa shape index (κ2) is 8.59. The molecule has 154 valence electrons. The number of hydrogen-bond acceptors (Lipinski definition) is 4. The van der Waals surface area contributed by atoms with Crippen molar-refractivity contribution in [3.05, 3.63) is 52.8 Å². The van der Waals surface area contributed by atoms with E-state index in [0.29, 0.717) is 18.9 Å². The molecular weight excluding hydrogens is 395 g/mol. The third-order valence-corrected chi connectivity index (χ3v) is 5.83. The summed E-state index contributed by atoms with van der Waals surface area (Å²) >= 11 is 6.05. The Morgan fingerprint density at radius 2 is 1.97 bits per heavy atom. The minimum atomic E-state index is -0.435. The number of hydrogen-bond donors (Lipinski definition) is 1. The van der Waals surface area contributed by atoms with Crippen LogP contribution in [0.5, 0.6) is 11.5 Å². The molecule has 2 aliphatic rings. The summed E-state index contributed by atoms with van der Waals surface area (Å²) in [5.74, 6) is 0.935. The van der Waals surface area contributed by atoms with E-state index in [4.69, 9.17) is 21.1 Å². The Kier molecular flexibility index (Phi) is 5.92. The van der Waals surface area contributed by atoms with Crippen LogP contribution in [0.15, 0.2) is 36.4 Å². The summed E-state index contributed by atoms with van der Waals surface area (Å²) in [4.78, 5) is 15.0. The predicted molar refractivity (Wildman–Crippen MR) is 110 cm³/mol. The Morgan fingerprint density at radius 1 is 1.17 bits per heavy atom. The fourth-order valence-corrected chi connectivity index (χ4v) is 4.19. The lowest BCUT2D eigenvalue weighted by Gasteiger charge is -2.30. The van der Waals surface area contributed by atoms with E-state index in [9.17, 15) is 9.18 Å². The van der Waals surface area contributed by atoms with Gasteiger partial charge in [0.05, 0.1) is 30.0 Å². The normalized spacial score (nSPS) is 20.2. The lowest BCUT2D eigenvalue weighted by molar-refractivity contribution is -0.121. The fourth-order valence-electron chi connectivity index (χ4n) is 3.98. The maximum absolute atomic E-state index is 13.2. The summed E-state index contributed by atoms with van der Waals surface area (Å²) in [5, 5.41) is 3.01. The van der Waals surface area contributed by atoms with E-state index >= 15 is 0 Å². The summed E-state index contributed by atoms with van der Waals surface area (Å²) < 4.78 is 24.8. The summed E-state index contributed by atoms with van der Waals surface area (Å²) in [6.45, 7) is 4.01. The van der Waals surface area contributed by atoms with Crippen molar-refractivity contribution in [2.75, 3.05) is 25.1 Å². The summed E-state index contributed by atoms with van der Waals surface area (Å²) in [6.07, 6.45) is 2.84. The summed E-state index contributed by atoms with van der Waals surface area (Å²) in [7, 11) is 0. The molecule has 0 saturated carbocycles. The molecule has 0 bridgehead atoms. The number of nitrogens with zero attached hydrogens (tertiary/aromatic N) is 1. The maximum Gasteiger partial charge on any atom is 0.241 e. The van der Waals surface area contributed by atoms with Crippen LogP contribution in [-0.4, -0.2) is 36.6 Å². The third kappa shape index (κ3) is 4.33. The number of halogens is 2. The van der Waals surface area contributed by atoms with Crippen molar-refractivity contribution in [1.29, 1.82) is 0 Å². The van der Waals surface area contributed by atoms with Crippen LogP contribution in [-0.2, 0) is 4.79 Å². The smallest absolute Gasteiger partial charge is 0.241 e. The largest absolute Gasteiger partial charge is 0.490 e. The van der Waals surface area contributed by atoms with E-state index in [-0.39, 0.29) is 23.0 Å². The number of amides is 1. The van der Waals surface area contributed by atoms with Crippen molar-refractivity contribution in [2.45, 2.75) is 38.3 Å². The molecule has 2 atom stereocenters. The van der Waals surface area contributed by atoms with Gasteiger partial charge in [0, 0.05) is 12.5 Å². The van der Waals surface area contributed by atoms with Gasteiger partial charge in [-0.1, -0.05) is 17.7 Å². The monoisotopic (exact) mass is 418 g/mol. The standard InChI is InChI=1S/C22H24ClFN2O3/c1-14(22(27)25-18-7-6-16(24)13-17(18)23)26-9-2-4-19(26)15-5-8-20-21(12-15)29-11-3-10-28-20/h5-8,12-14,19H,2-4,9-11H2,1H3,(H,25,27)/t14-,19-/m1/s1. The Balaban J connectivity index is 1.50. The Bertz CT molecular complexity index is 908. The minimum Gasteiger partial charge on any atom is -0.490 e. The molecule has 0 aliphatic carbocycles. The van der Waals surface area contributed by atoms with Gasteiger partial charge in [0.15, 0.2) is 11.5 Å². The highest BCUT2D eigenvalue weighted by Crippen LogP contribution is 2.39. The molecule has 0 aromatic heterocycles. The first-order valence-electron chi connectivity index (χ1n) is 9.94. The van der Waals surface area contributed by atoms with E-state index in [1.807, 2.05) is 19.1 Å². The molecule has 0 spiro atoms. The number of carbonyl (C=O) groups excluding carboxylic acids is 1. The van der Waals surface area contributed by atoms with E-state index in [0.717, 1.165) is 42.9 Å². The van der Waals surface area contributed by atoms with Crippen molar-refractivity contribution in [1.82, 2.24) is 4.90 Å². The van der Waals surface area contributed by atoms with Gasteiger partial charge < -0.3 is 14.8 Å². The van der Waals surface area contributed by atoms with Gasteiger partial charge in [-0.3, -0.25) is 9.69 Å². The topological polar surface area (TPSA) is 50.8 Å². The van der Waals surface area contributed by atoms with Crippen molar-refractivity contribution < 1.29 is 18.7 Å². The van der Waals surface area contributed by atoms with E-state index in [1.54, 1.807) is 0 Å². The molecule has 2 aromatic rings. The van der Waals surface area contributed by atoms with E-state index in [1.165, 1.54) is 18.2 Å². The molecule has 2 heterocycles. The van der Waals surface area contributed by atoms with Crippen LogP contribution in [0, 0.1) is 5.82 Å². The van der Waals surface area contributed by atoms with Gasteiger partial charge in [-0.2, -0.15) is 0 Å². The zero-order valence-corrected chi connectivity index (χ0v) is 17.0. The quantitative estimate of drug-likeness (QED) is 0.774. The molecule has 1 amide bonds. The van der Waals surface area contributed by atoms with Gasteiger partial charge in [0.25, 0.3) is 0 Å². The number of carbonyl (C=O) groups is 1. The van der Waals surface area contributed by atoms with Crippen LogP contribution < -0.4 is 14.8 Å². The number of benzene rings is 2. The number of anilines is 1. The second-order valence-electron chi connectivity index (χ2n) is 7.44. The van der Waals surface area contributed by atoms with Crippen LogP contribution in [0.4, 0.5) is 10.1 Å². The van der Waals surface area contributed by atoms with Crippen LogP contribution in [0.3, 0.4) is 0 Å². The number of rotatable bonds is 4. The van der Waals surface area contributed by atoms with Gasteiger partial charge in [-0.25, -0.2) is 4.39 Å². The average molecular weight is 419 g/mol. The number of fused-ring (bicyclic) bond motifs is 1. The van der Waals surface area contributed by atoms with Gasteiger partial charge in [0.1, 0.15) is 5.82 Å². The molecule has 7 heteroatoms. The van der Waals surface area contributed by atoms with Crippen LogP contribution in [0.2, 0.25) is 5.02 Å². The second-order valence-corrected chi connectivity index (χ2v) is 7.85. The van der Waals surface area contributed by atoms with Crippen molar-refractivity contribution in [3.8, 4) is 11.5 Å². The average Bonchev–Trinajstić information content (AvgIpc) is 3.08. The highest BCUT2D eigenvalue weighted by atomic mass is 35.5. The van der Waals surface area contributed by atoms with E-state index < -0.39 is 5.82 Å². The molecule has 2 aromatic carbocycles. The number of nitrogens with one attached hydrogen (secondary N) is 1. The SMILES string of the molecule is C[C@H](C(=O)Nc1ccc(F)cc1Cl)N1CCC[C@@H]1c1ccc2c(c1)OCCCO2. The van der Waals surface area contributed by atoms with Crippen molar-refractivity contribution >= 4 is 23.2 Å². The molecule has 4 rings (SSSR count). The van der Waals surface area contributed by atoms with Crippen LogP contribution in [0.1, 0.15) is 37.8 Å². The Hall–Kier alpha value is -2.31. The first-order valence-corrected chi connectivity index (χ1v) is 10.3. The van der Waals surface area contributed by atoms with Crippen molar-refractivity contribution in [3.63, 3.8) is 0 Å². The minimum absolute atomic E-state index is 0.122.